The molecule has 2 aromatic rings. The first kappa shape index (κ1) is 12.8. The number of anilines is 1. The van der Waals surface area contributed by atoms with E-state index in [4.69, 9.17) is 5.73 Å². The molecule has 4 nitrogen and oxygen atoms in total. The maximum atomic E-state index is 12.3. The van der Waals surface area contributed by atoms with Gasteiger partial charge in [-0.3, -0.25) is 9.78 Å². The molecule has 18 heavy (non-hydrogen) atoms. The number of hydrogen-bond donors (Lipinski definition) is 1. The smallest absolute Gasteiger partial charge is 0.265 e. The van der Waals surface area contributed by atoms with Gasteiger partial charge in [0.15, 0.2) is 0 Å². The first-order valence-corrected chi connectivity index (χ1v) is 6.85. The third kappa shape index (κ3) is 2.31. The molecule has 96 valence electrons. The third-order valence-corrected chi connectivity index (χ3v) is 4.02. The van der Waals surface area contributed by atoms with Gasteiger partial charge in [-0.25, -0.2) is 0 Å². The molecule has 0 atom stereocenters. The number of fused-ring (bicyclic) bond motifs is 1. The van der Waals surface area contributed by atoms with Crippen molar-refractivity contribution < 1.29 is 4.79 Å². The summed E-state index contributed by atoms with van der Waals surface area (Å²) in [6.07, 6.45) is 3.77. The van der Waals surface area contributed by atoms with Gasteiger partial charge < -0.3 is 10.6 Å². The Bertz CT molecular complexity index is 564. The molecule has 0 aliphatic carbocycles. The van der Waals surface area contributed by atoms with E-state index in [0.717, 1.165) is 29.6 Å². The van der Waals surface area contributed by atoms with E-state index < -0.39 is 0 Å². The average molecular weight is 263 g/mol. The molecule has 0 bridgehead atoms. The van der Waals surface area contributed by atoms with E-state index in [1.54, 1.807) is 11.1 Å². The Kier molecular flexibility index (Phi) is 3.81. The Labute approximate surface area is 110 Å². The van der Waals surface area contributed by atoms with Crippen molar-refractivity contribution in [2.45, 2.75) is 19.8 Å². The van der Waals surface area contributed by atoms with E-state index >= 15 is 0 Å². The van der Waals surface area contributed by atoms with Gasteiger partial charge in [0.25, 0.3) is 5.91 Å². The number of hydrogen-bond acceptors (Lipinski definition) is 4. The van der Waals surface area contributed by atoms with Crippen molar-refractivity contribution in [3.63, 3.8) is 0 Å². The number of rotatable bonds is 4. The number of nitrogens with zero attached hydrogens (tertiary/aromatic N) is 2. The number of carbonyl (C=O) groups is 1. The molecular weight excluding hydrogens is 246 g/mol. The van der Waals surface area contributed by atoms with E-state index in [0.29, 0.717) is 10.6 Å². The number of aromatic nitrogens is 1. The van der Waals surface area contributed by atoms with Gasteiger partial charge in [0.1, 0.15) is 10.4 Å². The Balaban J connectivity index is 2.30. The molecule has 0 fully saturated rings. The largest absolute Gasteiger partial charge is 0.396 e. The van der Waals surface area contributed by atoms with Crippen LogP contribution in [0.2, 0.25) is 0 Å². The quantitative estimate of drug-likeness (QED) is 0.922. The second-order valence-electron chi connectivity index (χ2n) is 4.28. The fraction of sp³-hybridized carbons (Fsp3) is 0.385. The number of unbranched alkanes of at least 4 members (excludes halogenated alkanes) is 1. The van der Waals surface area contributed by atoms with Crippen molar-refractivity contribution in [1.29, 1.82) is 0 Å². The molecule has 0 aromatic carbocycles. The maximum Gasteiger partial charge on any atom is 0.265 e. The highest BCUT2D eigenvalue weighted by molar-refractivity contribution is 7.21. The molecule has 2 aromatic heterocycles. The fourth-order valence-electron chi connectivity index (χ4n) is 1.78. The summed E-state index contributed by atoms with van der Waals surface area (Å²) in [7, 11) is 1.81. The Morgan fingerprint density at radius 1 is 1.56 bits per heavy atom. The SMILES string of the molecule is CCCCN(C)C(=O)c1sc2cccnc2c1N. The average Bonchev–Trinajstić information content (AvgIpc) is 2.73. The summed E-state index contributed by atoms with van der Waals surface area (Å²) >= 11 is 1.42. The highest BCUT2D eigenvalue weighted by Gasteiger charge is 2.19. The molecule has 0 saturated heterocycles. The van der Waals surface area contributed by atoms with Crippen LogP contribution >= 0.6 is 11.3 Å². The first-order valence-electron chi connectivity index (χ1n) is 6.03. The monoisotopic (exact) mass is 263 g/mol. The Hall–Kier alpha value is -1.62. The zero-order valence-electron chi connectivity index (χ0n) is 10.6. The standard InChI is InChI=1S/C13H17N3OS/c1-3-4-8-16(2)13(17)12-10(14)11-9(18-12)6-5-7-15-11/h5-7H,3-4,8,14H2,1-2H3. The minimum absolute atomic E-state index is 0.0102. The van der Waals surface area contributed by atoms with Crippen LogP contribution in [-0.4, -0.2) is 29.4 Å². The van der Waals surface area contributed by atoms with Crippen LogP contribution in [0.25, 0.3) is 10.2 Å². The van der Waals surface area contributed by atoms with Gasteiger partial charge in [-0.15, -0.1) is 11.3 Å². The van der Waals surface area contributed by atoms with Crippen molar-refractivity contribution >= 4 is 33.1 Å². The molecule has 0 spiro atoms. The van der Waals surface area contributed by atoms with E-state index in [2.05, 4.69) is 11.9 Å². The lowest BCUT2D eigenvalue weighted by atomic mass is 10.3. The van der Waals surface area contributed by atoms with Crippen LogP contribution in [0, 0.1) is 0 Å². The number of amides is 1. The van der Waals surface area contributed by atoms with Crippen LogP contribution in [0.1, 0.15) is 29.4 Å². The zero-order chi connectivity index (χ0) is 13.1. The van der Waals surface area contributed by atoms with Gasteiger partial charge in [-0.05, 0) is 18.6 Å². The lowest BCUT2D eigenvalue weighted by Crippen LogP contribution is -2.27. The molecule has 5 heteroatoms. The Morgan fingerprint density at radius 2 is 2.33 bits per heavy atom. The topological polar surface area (TPSA) is 59.2 Å². The number of nitrogen functional groups attached to an aromatic ring is 1. The molecule has 0 radical (unpaired) electrons. The van der Waals surface area contributed by atoms with Crippen LogP contribution in [-0.2, 0) is 0 Å². The van der Waals surface area contributed by atoms with Gasteiger partial charge in [0.05, 0.1) is 10.4 Å². The zero-order valence-corrected chi connectivity index (χ0v) is 11.5. The van der Waals surface area contributed by atoms with Gasteiger partial charge in [-0.2, -0.15) is 0 Å². The van der Waals surface area contributed by atoms with Crippen LogP contribution in [0.5, 0.6) is 0 Å². The number of pyridine rings is 1. The first-order chi connectivity index (χ1) is 8.65. The molecule has 1 amide bonds. The van der Waals surface area contributed by atoms with Crippen molar-refractivity contribution in [3.8, 4) is 0 Å². The molecule has 0 aliphatic rings. The predicted molar refractivity (Wildman–Crippen MR) is 75.9 cm³/mol. The minimum atomic E-state index is -0.0102. The van der Waals surface area contributed by atoms with Crippen molar-refractivity contribution in [3.05, 3.63) is 23.2 Å². The van der Waals surface area contributed by atoms with Crippen LogP contribution in [0.15, 0.2) is 18.3 Å². The van der Waals surface area contributed by atoms with Gasteiger partial charge >= 0.3 is 0 Å². The van der Waals surface area contributed by atoms with E-state index in [1.807, 2.05) is 19.2 Å². The van der Waals surface area contributed by atoms with Crippen LogP contribution < -0.4 is 5.73 Å². The van der Waals surface area contributed by atoms with Gasteiger partial charge in [-0.1, -0.05) is 13.3 Å². The van der Waals surface area contributed by atoms with Gasteiger partial charge in [0, 0.05) is 19.8 Å². The summed E-state index contributed by atoms with van der Waals surface area (Å²) in [4.78, 5) is 18.8. The molecular formula is C13H17N3OS. The summed E-state index contributed by atoms with van der Waals surface area (Å²) in [5.41, 5.74) is 7.24. The number of carbonyl (C=O) groups excluding carboxylic acids is 1. The second-order valence-corrected chi connectivity index (χ2v) is 5.33. The molecule has 0 aliphatic heterocycles. The molecule has 0 unspecified atom stereocenters. The van der Waals surface area contributed by atoms with Crippen molar-refractivity contribution in [2.75, 3.05) is 19.3 Å². The minimum Gasteiger partial charge on any atom is -0.396 e. The van der Waals surface area contributed by atoms with E-state index in [1.165, 1.54) is 11.3 Å². The third-order valence-electron chi connectivity index (χ3n) is 2.87. The second kappa shape index (κ2) is 5.35. The fourth-order valence-corrected chi connectivity index (χ4v) is 2.85. The summed E-state index contributed by atoms with van der Waals surface area (Å²) < 4.78 is 0.960. The summed E-state index contributed by atoms with van der Waals surface area (Å²) in [6.45, 7) is 2.87. The number of thiophene rings is 1. The molecule has 2 rings (SSSR count). The van der Waals surface area contributed by atoms with Crippen molar-refractivity contribution in [2.24, 2.45) is 0 Å². The summed E-state index contributed by atoms with van der Waals surface area (Å²) in [6, 6.07) is 3.79. The normalized spacial score (nSPS) is 10.8. The van der Waals surface area contributed by atoms with Crippen LogP contribution in [0.3, 0.4) is 0 Å². The highest BCUT2D eigenvalue weighted by Crippen LogP contribution is 2.32. The van der Waals surface area contributed by atoms with Gasteiger partial charge in [0.2, 0.25) is 0 Å². The lowest BCUT2D eigenvalue weighted by Gasteiger charge is -2.15. The summed E-state index contributed by atoms with van der Waals surface area (Å²) in [5.74, 6) is -0.0102. The maximum absolute atomic E-state index is 12.3. The molecule has 2 N–H and O–H groups in total. The highest BCUT2D eigenvalue weighted by atomic mass is 32.1. The van der Waals surface area contributed by atoms with Crippen molar-refractivity contribution in [1.82, 2.24) is 9.88 Å². The number of nitrogens with two attached hydrogens (primary N) is 1. The molecule has 0 saturated carbocycles. The molecule has 2 heterocycles. The Morgan fingerprint density at radius 3 is 3.00 bits per heavy atom. The van der Waals surface area contributed by atoms with Crippen LogP contribution in [0.4, 0.5) is 5.69 Å². The van der Waals surface area contributed by atoms with E-state index in [9.17, 15) is 4.79 Å². The summed E-state index contributed by atoms with van der Waals surface area (Å²) in [5, 5.41) is 0. The van der Waals surface area contributed by atoms with E-state index in [-0.39, 0.29) is 5.91 Å². The predicted octanol–water partition coefficient (Wildman–Crippen LogP) is 2.75. The lowest BCUT2D eigenvalue weighted by molar-refractivity contribution is 0.0799.